The smallest absolute Gasteiger partial charge is 0.338 e. The molecule has 2 aliphatic rings. The van der Waals surface area contributed by atoms with E-state index in [0.717, 1.165) is 25.7 Å². The maximum Gasteiger partial charge on any atom is 0.354 e. The summed E-state index contributed by atoms with van der Waals surface area (Å²) in [5.41, 5.74) is 11.2. The molecule has 5 N–H and O–H groups in total. The number of amides is 3. The van der Waals surface area contributed by atoms with Gasteiger partial charge in [-0.1, -0.05) is 6.07 Å². The van der Waals surface area contributed by atoms with Gasteiger partial charge < -0.3 is 21.3 Å². The lowest BCUT2D eigenvalue weighted by Crippen LogP contribution is -2.58. The number of nitrogens with two attached hydrogens (primary N) is 2. The van der Waals surface area contributed by atoms with Crippen molar-refractivity contribution in [1.82, 2.24) is 24.3 Å². The zero-order chi connectivity index (χ0) is 28.3. The highest BCUT2D eigenvalue weighted by Gasteiger charge is 2.31. The summed E-state index contributed by atoms with van der Waals surface area (Å²) in [6.07, 6.45) is 5.42. The summed E-state index contributed by atoms with van der Waals surface area (Å²) in [5.74, 6) is -0.473. The highest BCUT2D eigenvalue weighted by Crippen LogP contribution is 2.24. The molecule has 1 saturated carbocycles. The van der Waals surface area contributed by atoms with Crippen molar-refractivity contribution < 1.29 is 14.0 Å². The molecule has 0 bridgehead atoms. The first-order valence-electron chi connectivity index (χ1n) is 13.4. The first-order chi connectivity index (χ1) is 18.4. The number of rotatable bonds is 6. The Bertz CT molecular complexity index is 1240. The molecular weight excluding hydrogens is 503 g/mol. The first-order valence-corrected chi connectivity index (χ1v) is 13.4. The average Bonchev–Trinajstić information content (AvgIpc) is 2.89. The van der Waals surface area contributed by atoms with Gasteiger partial charge in [-0.2, -0.15) is 4.98 Å². The van der Waals surface area contributed by atoms with Gasteiger partial charge >= 0.3 is 11.7 Å². The number of aromatic nitrogens is 2. The van der Waals surface area contributed by atoms with Crippen molar-refractivity contribution >= 4 is 17.8 Å². The van der Waals surface area contributed by atoms with E-state index in [1.807, 2.05) is 7.05 Å². The Balaban J connectivity index is 1.35. The van der Waals surface area contributed by atoms with Gasteiger partial charge in [0.2, 0.25) is 5.91 Å². The van der Waals surface area contributed by atoms with E-state index in [0.29, 0.717) is 50.0 Å². The van der Waals surface area contributed by atoms with E-state index >= 15 is 0 Å². The second-order valence-electron chi connectivity index (χ2n) is 11.2. The molecule has 4 rings (SSSR count). The number of anilines is 1. The van der Waals surface area contributed by atoms with Crippen LogP contribution in [-0.4, -0.2) is 87.0 Å². The molecule has 1 aliphatic carbocycles. The zero-order valence-electron chi connectivity index (χ0n) is 22.9. The standard InChI is InChI=1S/C27H39FN8O3/c1-27(2,30)24(37)34-12-14-35(15-13-34)25(38)31-23-10-11-36(26(39)32-23)21-7-4-18(22(28)16-21)17-33(3)20-8-5-19(29)6-9-20/h4,7,10-11,16,19-20H,5-6,8-9,12-15,17,29-30H2,1-3H3,(H,31,32,38,39)/t19-,20-. The minimum absolute atomic E-state index is 0.0914. The van der Waals surface area contributed by atoms with Gasteiger partial charge in [0.25, 0.3) is 0 Å². The lowest BCUT2D eigenvalue weighted by molar-refractivity contribution is -0.137. The molecule has 1 saturated heterocycles. The van der Waals surface area contributed by atoms with Gasteiger partial charge in [-0.3, -0.25) is 19.6 Å². The van der Waals surface area contributed by atoms with Gasteiger partial charge in [0.1, 0.15) is 11.6 Å². The highest BCUT2D eigenvalue weighted by atomic mass is 19.1. The van der Waals surface area contributed by atoms with Crippen LogP contribution in [0.4, 0.5) is 15.0 Å². The number of piperazine rings is 1. The molecular formula is C27H39FN8O3. The molecule has 2 aromatic rings. The van der Waals surface area contributed by atoms with Crippen LogP contribution in [0.25, 0.3) is 5.69 Å². The molecule has 0 spiro atoms. The van der Waals surface area contributed by atoms with Gasteiger partial charge in [-0.05, 0) is 64.8 Å². The molecule has 3 amide bonds. The molecule has 11 nitrogen and oxygen atoms in total. The minimum Gasteiger partial charge on any atom is -0.338 e. The van der Waals surface area contributed by atoms with E-state index in [9.17, 15) is 18.8 Å². The van der Waals surface area contributed by atoms with Gasteiger partial charge in [-0.25, -0.2) is 14.0 Å². The van der Waals surface area contributed by atoms with Gasteiger partial charge in [-0.15, -0.1) is 0 Å². The normalized spacial score (nSPS) is 20.3. The fraction of sp³-hybridized carbons (Fsp3) is 0.556. The summed E-state index contributed by atoms with van der Waals surface area (Å²) in [4.78, 5) is 47.0. The van der Waals surface area contributed by atoms with Crippen molar-refractivity contribution in [2.75, 3.05) is 38.5 Å². The first kappa shape index (κ1) is 28.7. The van der Waals surface area contributed by atoms with E-state index in [-0.39, 0.29) is 17.8 Å². The van der Waals surface area contributed by atoms with Crippen LogP contribution in [0.3, 0.4) is 0 Å². The topological polar surface area (TPSA) is 143 Å². The Labute approximate surface area is 227 Å². The summed E-state index contributed by atoms with van der Waals surface area (Å²) in [6.45, 7) is 5.18. The molecule has 2 heterocycles. The van der Waals surface area contributed by atoms with Crippen molar-refractivity contribution in [3.8, 4) is 5.69 Å². The third-order valence-electron chi connectivity index (χ3n) is 7.54. The molecule has 1 aromatic heterocycles. The number of carbonyl (C=O) groups is 2. The van der Waals surface area contributed by atoms with Crippen molar-refractivity contribution in [3.63, 3.8) is 0 Å². The van der Waals surface area contributed by atoms with Gasteiger partial charge in [0, 0.05) is 56.6 Å². The second-order valence-corrected chi connectivity index (χ2v) is 11.2. The summed E-state index contributed by atoms with van der Waals surface area (Å²) in [7, 11) is 2.00. The Morgan fingerprint density at radius 2 is 1.74 bits per heavy atom. The Morgan fingerprint density at radius 3 is 2.33 bits per heavy atom. The van der Waals surface area contributed by atoms with Crippen molar-refractivity contribution in [1.29, 1.82) is 0 Å². The van der Waals surface area contributed by atoms with E-state index in [1.54, 1.807) is 35.8 Å². The summed E-state index contributed by atoms with van der Waals surface area (Å²) in [6, 6.07) is 6.41. The molecule has 39 heavy (non-hydrogen) atoms. The van der Waals surface area contributed by atoms with Gasteiger partial charge in [0.15, 0.2) is 0 Å². The molecule has 1 aliphatic heterocycles. The maximum atomic E-state index is 15.0. The SMILES string of the molecule is CN(Cc1ccc(-n2ccc(NC(=O)N3CCN(C(=O)C(C)(C)N)CC3)nc2=O)cc1F)[C@H]1CC[C@H](N)CC1. The van der Waals surface area contributed by atoms with Crippen LogP contribution in [-0.2, 0) is 11.3 Å². The highest BCUT2D eigenvalue weighted by molar-refractivity contribution is 5.89. The summed E-state index contributed by atoms with van der Waals surface area (Å²) in [5, 5.41) is 2.63. The van der Waals surface area contributed by atoms with Crippen LogP contribution in [0.2, 0.25) is 0 Å². The van der Waals surface area contributed by atoms with Gasteiger partial charge in [0.05, 0.1) is 11.2 Å². The van der Waals surface area contributed by atoms with Crippen molar-refractivity contribution in [2.45, 2.75) is 63.7 Å². The second kappa shape index (κ2) is 11.8. The quantitative estimate of drug-likeness (QED) is 0.502. The van der Waals surface area contributed by atoms with Crippen molar-refractivity contribution in [2.24, 2.45) is 11.5 Å². The van der Waals surface area contributed by atoms with E-state index in [2.05, 4.69) is 15.2 Å². The van der Waals surface area contributed by atoms with Crippen molar-refractivity contribution in [3.05, 3.63) is 52.3 Å². The summed E-state index contributed by atoms with van der Waals surface area (Å²) >= 11 is 0. The average molecular weight is 543 g/mol. The fourth-order valence-corrected chi connectivity index (χ4v) is 5.13. The number of nitrogens with zero attached hydrogens (tertiary/aromatic N) is 5. The Kier molecular flexibility index (Phi) is 8.67. The lowest BCUT2D eigenvalue weighted by atomic mass is 9.91. The molecule has 12 heteroatoms. The third-order valence-corrected chi connectivity index (χ3v) is 7.54. The Morgan fingerprint density at radius 1 is 1.10 bits per heavy atom. The number of hydrogen-bond acceptors (Lipinski definition) is 7. The molecule has 1 aromatic carbocycles. The van der Waals surface area contributed by atoms with Crippen LogP contribution in [0.1, 0.15) is 45.1 Å². The van der Waals surface area contributed by atoms with Crippen LogP contribution in [0, 0.1) is 5.82 Å². The third kappa shape index (κ3) is 7.00. The molecule has 0 unspecified atom stereocenters. The number of halogens is 1. The molecule has 0 radical (unpaired) electrons. The lowest BCUT2D eigenvalue weighted by Gasteiger charge is -2.37. The number of nitrogens with one attached hydrogen (secondary N) is 1. The monoisotopic (exact) mass is 542 g/mol. The van der Waals surface area contributed by atoms with Crippen LogP contribution in [0.15, 0.2) is 35.3 Å². The minimum atomic E-state index is -0.970. The number of carbonyl (C=O) groups excluding carboxylic acids is 2. The van der Waals surface area contributed by atoms with Crippen LogP contribution in [0.5, 0.6) is 0 Å². The molecule has 212 valence electrons. The number of urea groups is 1. The fourth-order valence-electron chi connectivity index (χ4n) is 5.13. The molecule has 2 fully saturated rings. The predicted molar refractivity (Wildman–Crippen MR) is 147 cm³/mol. The Hall–Kier alpha value is -3.35. The number of hydrogen-bond donors (Lipinski definition) is 3. The number of benzene rings is 1. The van der Waals surface area contributed by atoms with E-state index in [4.69, 9.17) is 11.5 Å². The zero-order valence-corrected chi connectivity index (χ0v) is 22.9. The van der Waals surface area contributed by atoms with E-state index in [1.165, 1.54) is 22.9 Å². The summed E-state index contributed by atoms with van der Waals surface area (Å²) < 4.78 is 16.2. The maximum absolute atomic E-state index is 15.0. The largest absolute Gasteiger partial charge is 0.354 e. The van der Waals surface area contributed by atoms with Crippen LogP contribution < -0.4 is 22.5 Å². The van der Waals surface area contributed by atoms with Crippen LogP contribution >= 0.6 is 0 Å². The molecule has 0 atom stereocenters. The predicted octanol–water partition coefficient (Wildman–Crippen LogP) is 1.49. The van der Waals surface area contributed by atoms with E-state index < -0.39 is 23.1 Å².